The average molecular weight is 377 g/mol. The Kier molecular flexibility index (Phi) is 4.30. The Morgan fingerprint density at radius 1 is 1.18 bits per heavy atom. The van der Waals surface area contributed by atoms with Crippen molar-refractivity contribution in [3.05, 3.63) is 80.8 Å². The summed E-state index contributed by atoms with van der Waals surface area (Å²) < 4.78 is 6.58. The summed E-state index contributed by atoms with van der Waals surface area (Å²) >= 11 is 0. The van der Waals surface area contributed by atoms with E-state index in [1.807, 2.05) is 44.3 Å². The molecule has 0 aliphatic heterocycles. The van der Waals surface area contributed by atoms with Crippen molar-refractivity contribution in [1.82, 2.24) is 23.1 Å². The van der Waals surface area contributed by atoms with Crippen LogP contribution in [0.1, 0.15) is 31.1 Å². The molecule has 28 heavy (non-hydrogen) atoms. The number of aryl methyl sites for hydroxylation is 2. The van der Waals surface area contributed by atoms with Gasteiger partial charge in [0.1, 0.15) is 0 Å². The zero-order valence-electron chi connectivity index (χ0n) is 16.5. The maximum absolute atomic E-state index is 13.1. The molecule has 7 nitrogen and oxygen atoms in total. The third-order valence-electron chi connectivity index (χ3n) is 5.26. The van der Waals surface area contributed by atoms with Gasteiger partial charge in [0.05, 0.1) is 6.04 Å². The van der Waals surface area contributed by atoms with Crippen LogP contribution in [0.3, 0.4) is 0 Å². The number of nitrogens with zero attached hydrogens (tertiary/aromatic N) is 5. The lowest BCUT2D eigenvalue weighted by molar-refractivity contribution is 0.638. The van der Waals surface area contributed by atoms with Crippen molar-refractivity contribution in [3.63, 3.8) is 0 Å². The topological polar surface area (TPSA) is 66.2 Å². The molecule has 144 valence electrons. The van der Waals surface area contributed by atoms with E-state index in [4.69, 9.17) is 0 Å². The summed E-state index contributed by atoms with van der Waals surface area (Å²) in [6.45, 7) is 6.20. The van der Waals surface area contributed by atoms with E-state index in [1.165, 1.54) is 9.13 Å². The van der Waals surface area contributed by atoms with Crippen LogP contribution < -0.4 is 11.2 Å². The minimum atomic E-state index is -0.365. The second kappa shape index (κ2) is 6.67. The fourth-order valence-corrected chi connectivity index (χ4v) is 3.76. The highest BCUT2D eigenvalue weighted by Crippen LogP contribution is 2.25. The molecule has 0 fully saturated rings. The van der Waals surface area contributed by atoms with Gasteiger partial charge in [-0.3, -0.25) is 18.3 Å². The summed E-state index contributed by atoms with van der Waals surface area (Å²) in [6.07, 6.45) is 5.53. The Bertz CT molecular complexity index is 1320. The Hall–Kier alpha value is -3.35. The van der Waals surface area contributed by atoms with Crippen molar-refractivity contribution in [2.24, 2.45) is 7.05 Å². The Morgan fingerprint density at radius 2 is 1.89 bits per heavy atom. The predicted molar refractivity (Wildman–Crippen MR) is 110 cm³/mol. The van der Waals surface area contributed by atoms with E-state index in [2.05, 4.69) is 28.6 Å². The van der Waals surface area contributed by atoms with Crippen LogP contribution in [0, 0.1) is 6.92 Å². The first-order chi connectivity index (χ1) is 13.5. The van der Waals surface area contributed by atoms with Crippen LogP contribution in [0.4, 0.5) is 0 Å². The molecule has 7 heteroatoms. The van der Waals surface area contributed by atoms with Gasteiger partial charge in [-0.25, -0.2) is 4.79 Å². The molecule has 0 bridgehead atoms. The molecule has 0 radical (unpaired) electrons. The number of allylic oxidation sites excluding steroid dienone is 2. The first-order valence-corrected chi connectivity index (χ1v) is 9.31. The van der Waals surface area contributed by atoms with Crippen LogP contribution in [-0.4, -0.2) is 23.1 Å². The quantitative estimate of drug-likeness (QED) is 0.514. The molecule has 4 rings (SSSR count). The fraction of sp³-hybridized carbons (Fsp3) is 0.286. The van der Waals surface area contributed by atoms with Crippen LogP contribution in [0.15, 0.2) is 58.3 Å². The van der Waals surface area contributed by atoms with E-state index >= 15 is 0 Å². The molecule has 0 spiro atoms. The van der Waals surface area contributed by atoms with Crippen molar-refractivity contribution in [1.29, 1.82) is 0 Å². The number of fused-ring (bicyclic) bond motifs is 3. The SMILES string of the molecule is C/C=C/Cn1c(=O)c2c(nc3n([C@@H](C)c4ccccc4)c(C)cn23)n(C)c1=O. The molecule has 0 saturated carbocycles. The number of rotatable bonds is 4. The molecule has 1 aromatic carbocycles. The number of imidazole rings is 2. The molecule has 0 N–H and O–H groups in total. The monoisotopic (exact) mass is 377 g/mol. The molecule has 0 amide bonds. The minimum absolute atomic E-state index is 0.0396. The van der Waals surface area contributed by atoms with Gasteiger partial charge in [-0.15, -0.1) is 0 Å². The van der Waals surface area contributed by atoms with Gasteiger partial charge in [0.25, 0.3) is 5.56 Å². The minimum Gasteiger partial charge on any atom is -0.307 e. The molecule has 3 aromatic heterocycles. The van der Waals surface area contributed by atoms with Gasteiger partial charge >= 0.3 is 5.69 Å². The maximum atomic E-state index is 13.1. The first-order valence-electron chi connectivity index (χ1n) is 9.31. The Labute approximate surface area is 161 Å². The van der Waals surface area contributed by atoms with E-state index in [0.717, 1.165) is 11.3 Å². The van der Waals surface area contributed by atoms with Gasteiger partial charge in [-0.05, 0) is 26.3 Å². The van der Waals surface area contributed by atoms with Gasteiger partial charge in [0.15, 0.2) is 11.2 Å². The highest BCUT2D eigenvalue weighted by atomic mass is 16.2. The van der Waals surface area contributed by atoms with Crippen molar-refractivity contribution >= 4 is 16.9 Å². The summed E-state index contributed by atoms with van der Waals surface area (Å²) in [6, 6.07) is 10.2. The highest BCUT2D eigenvalue weighted by molar-refractivity contribution is 5.75. The summed E-state index contributed by atoms with van der Waals surface area (Å²) in [5, 5.41) is 0. The van der Waals surface area contributed by atoms with E-state index in [-0.39, 0.29) is 23.8 Å². The first kappa shape index (κ1) is 18.0. The zero-order chi connectivity index (χ0) is 20.0. The summed E-state index contributed by atoms with van der Waals surface area (Å²) in [7, 11) is 1.65. The lowest BCUT2D eigenvalue weighted by atomic mass is 10.1. The van der Waals surface area contributed by atoms with Crippen LogP contribution in [0.2, 0.25) is 0 Å². The molecule has 0 aliphatic rings. The fourth-order valence-electron chi connectivity index (χ4n) is 3.76. The van der Waals surface area contributed by atoms with E-state index in [9.17, 15) is 9.59 Å². The van der Waals surface area contributed by atoms with Crippen LogP contribution in [-0.2, 0) is 13.6 Å². The summed E-state index contributed by atoms with van der Waals surface area (Å²) in [5.74, 6) is 0.653. The molecule has 4 aromatic rings. The standard InChI is InChI=1S/C21H23N5O2/c1-5-6-12-24-19(27)17-18(23(4)21(24)28)22-20-25(17)13-14(2)26(20)15(3)16-10-8-7-9-11-16/h5-11,13,15H,12H2,1-4H3/b6-5+/t15-/m0/s1. The van der Waals surface area contributed by atoms with Crippen molar-refractivity contribution < 1.29 is 0 Å². The van der Waals surface area contributed by atoms with Gasteiger partial charge in [-0.2, -0.15) is 4.98 Å². The molecular formula is C21H23N5O2. The summed E-state index contributed by atoms with van der Waals surface area (Å²) in [4.78, 5) is 30.4. The van der Waals surface area contributed by atoms with Crippen LogP contribution in [0.5, 0.6) is 0 Å². The second-order valence-electron chi connectivity index (χ2n) is 7.01. The van der Waals surface area contributed by atoms with E-state index in [1.54, 1.807) is 17.5 Å². The molecule has 1 atom stereocenters. The molecular weight excluding hydrogens is 354 g/mol. The predicted octanol–water partition coefficient (Wildman–Crippen LogP) is 2.64. The maximum Gasteiger partial charge on any atom is 0.332 e. The van der Waals surface area contributed by atoms with Crippen molar-refractivity contribution in [3.8, 4) is 0 Å². The third kappa shape index (κ3) is 2.54. The van der Waals surface area contributed by atoms with Gasteiger partial charge < -0.3 is 4.57 Å². The van der Waals surface area contributed by atoms with Gasteiger partial charge in [0, 0.05) is 25.5 Å². The van der Waals surface area contributed by atoms with Crippen molar-refractivity contribution in [2.45, 2.75) is 33.4 Å². The van der Waals surface area contributed by atoms with Gasteiger partial charge in [-0.1, -0.05) is 42.5 Å². The zero-order valence-corrected chi connectivity index (χ0v) is 16.5. The van der Waals surface area contributed by atoms with Gasteiger partial charge in [0.2, 0.25) is 5.78 Å². The largest absolute Gasteiger partial charge is 0.332 e. The number of benzene rings is 1. The molecule has 0 unspecified atom stereocenters. The normalized spacial score (nSPS) is 13.1. The number of hydrogen-bond acceptors (Lipinski definition) is 3. The lowest BCUT2D eigenvalue weighted by Gasteiger charge is -2.16. The average Bonchev–Trinajstić information content (AvgIpc) is 3.21. The van der Waals surface area contributed by atoms with E-state index in [0.29, 0.717) is 16.9 Å². The van der Waals surface area contributed by atoms with E-state index < -0.39 is 0 Å². The molecule has 0 aliphatic carbocycles. The molecule has 3 heterocycles. The Balaban J connectivity index is 2.04. The summed E-state index contributed by atoms with van der Waals surface area (Å²) in [5.41, 5.74) is 2.27. The highest BCUT2D eigenvalue weighted by Gasteiger charge is 2.22. The number of aromatic nitrogens is 5. The van der Waals surface area contributed by atoms with Crippen LogP contribution in [0.25, 0.3) is 16.9 Å². The molecule has 0 saturated heterocycles. The second-order valence-corrected chi connectivity index (χ2v) is 7.01. The van der Waals surface area contributed by atoms with Crippen molar-refractivity contribution in [2.75, 3.05) is 0 Å². The lowest BCUT2D eigenvalue weighted by Crippen LogP contribution is -2.39. The van der Waals surface area contributed by atoms with Crippen LogP contribution >= 0.6 is 0 Å². The Morgan fingerprint density at radius 3 is 2.57 bits per heavy atom. The third-order valence-corrected chi connectivity index (χ3v) is 5.26. The smallest absolute Gasteiger partial charge is 0.307 e. The number of hydrogen-bond donors (Lipinski definition) is 0.